The van der Waals surface area contributed by atoms with Crippen molar-refractivity contribution in [2.24, 2.45) is 0 Å². The van der Waals surface area contributed by atoms with E-state index in [1.54, 1.807) is 24.3 Å². The summed E-state index contributed by atoms with van der Waals surface area (Å²) in [5.74, 6) is 0. The van der Waals surface area contributed by atoms with E-state index in [2.05, 4.69) is 9.88 Å². The number of hydrogen-bond acceptors (Lipinski definition) is 6. The SMILES string of the molecule is CN1CCN(S(=O)(=O)c2ccc(Cn3c(=O)[nH]c4ccc(N)cc4c3=O)cc2)CC1. The van der Waals surface area contributed by atoms with E-state index in [9.17, 15) is 18.0 Å². The molecule has 3 aromatic rings. The van der Waals surface area contributed by atoms with Gasteiger partial charge in [-0.25, -0.2) is 13.2 Å². The normalized spacial score (nSPS) is 16.2. The van der Waals surface area contributed by atoms with Crippen molar-refractivity contribution in [1.82, 2.24) is 18.8 Å². The molecule has 0 bridgehead atoms. The minimum absolute atomic E-state index is 0.0216. The molecule has 0 radical (unpaired) electrons. The summed E-state index contributed by atoms with van der Waals surface area (Å²) in [4.78, 5) is 30.1. The monoisotopic (exact) mass is 429 g/mol. The van der Waals surface area contributed by atoms with E-state index in [1.807, 2.05) is 7.05 Å². The summed E-state index contributed by atoms with van der Waals surface area (Å²) in [6, 6.07) is 11.0. The summed E-state index contributed by atoms with van der Waals surface area (Å²) < 4.78 is 28.2. The Balaban J connectivity index is 1.61. The molecule has 158 valence electrons. The summed E-state index contributed by atoms with van der Waals surface area (Å²) in [6.45, 7) is 2.30. The number of aromatic amines is 1. The molecule has 1 aliphatic rings. The summed E-state index contributed by atoms with van der Waals surface area (Å²) >= 11 is 0. The van der Waals surface area contributed by atoms with E-state index >= 15 is 0 Å². The average Bonchev–Trinajstić information content (AvgIpc) is 2.72. The van der Waals surface area contributed by atoms with Crippen molar-refractivity contribution < 1.29 is 8.42 Å². The maximum absolute atomic E-state index is 12.8. The minimum Gasteiger partial charge on any atom is -0.399 e. The number of fused-ring (bicyclic) bond motifs is 1. The van der Waals surface area contributed by atoms with Crippen LogP contribution in [0, 0.1) is 0 Å². The topological polar surface area (TPSA) is 122 Å². The van der Waals surface area contributed by atoms with Crippen LogP contribution in [0.5, 0.6) is 0 Å². The number of nitrogens with zero attached hydrogens (tertiary/aromatic N) is 3. The molecular weight excluding hydrogens is 406 g/mol. The number of piperazine rings is 1. The molecule has 0 aliphatic carbocycles. The van der Waals surface area contributed by atoms with Crippen LogP contribution in [0.4, 0.5) is 5.69 Å². The second-order valence-electron chi connectivity index (χ2n) is 7.48. The number of benzene rings is 2. The van der Waals surface area contributed by atoms with Gasteiger partial charge in [-0.3, -0.25) is 9.36 Å². The zero-order chi connectivity index (χ0) is 21.5. The Morgan fingerprint density at radius 3 is 2.33 bits per heavy atom. The lowest BCUT2D eigenvalue weighted by atomic mass is 10.2. The van der Waals surface area contributed by atoms with Gasteiger partial charge < -0.3 is 15.6 Å². The van der Waals surface area contributed by atoms with E-state index in [0.29, 0.717) is 48.3 Å². The second kappa shape index (κ2) is 7.71. The van der Waals surface area contributed by atoms with Crippen LogP contribution in [0.2, 0.25) is 0 Å². The number of sulfonamides is 1. The summed E-state index contributed by atoms with van der Waals surface area (Å²) in [7, 11) is -1.61. The largest absolute Gasteiger partial charge is 0.399 e. The van der Waals surface area contributed by atoms with Crippen LogP contribution in [-0.2, 0) is 16.6 Å². The van der Waals surface area contributed by atoms with Crippen molar-refractivity contribution in [3.63, 3.8) is 0 Å². The quantitative estimate of drug-likeness (QED) is 0.574. The van der Waals surface area contributed by atoms with E-state index in [1.165, 1.54) is 22.5 Å². The van der Waals surface area contributed by atoms with Gasteiger partial charge in [0, 0.05) is 31.9 Å². The highest BCUT2D eigenvalue weighted by Gasteiger charge is 2.27. The van der Waals surface area contributed by atoms with Gasteiger partial charge in [0.05, 0.1) is 22.3 Å². The lowest BCUT2D eigenvalue weighted by molar-refractivity contribution is 0.222. The highest BCUT2D eigenvalue weighted by molar-refractivity contribution is 7.89. The van der Waals surface area contributed by atoms with Crippen molar-refractivity contribution in [3.05, 3.63) is 68.9 Å². The van der Waals surface area contributed by atoms with E-state index in [-0.39, 0.29) is 11.4 Å². The van der Waals surface area contributed by atoms with Crippen LogP contribution in [0.1, 0.15) is 5.56 Å². The van der Waals surface area contributed by atoms with Gasteiger partial charge in [-0.1, -0.05) is 12.1 Å². The van der Waals surface area contributed by atoms with Crippen molar-refractivity contribution >= 4 is 26.6 Å². The predicted molar refractivity (Wildman–Crippen MR) is 115 cm³/mol. The number of nitrogens with one attached hydrogen (secondary N) is 1. The molecule has 9 nitrogen and oxygen atoms in total. The van der Waals surface area contributed by atoms with Crippen LogP contribution >= 0.6 is 0 Å². The zero-order valence-electron chi connectivity index (χ0n) is 16.5. The average molecular weight is 430 g/mol. The molecule has 2 heterocycles. The first-order valence-corrected chi connectivity index (χ1v) is 11.0. The van der Waals surface area contributed by atoms with Crippen molar-refractivity contribution in [1.29, 1.82) is 0 Å². The van der Waals surface area contributed by atoms with Gasteiger partial charge in [0.25, 0.3) is 5.56 Å². The summed E-state index contributed by atoms with van der Waals surface area (Å²) in [6.07, 6.45) is 0. The van der Waals surface area contributed by atoms with Gasteiger partial charge in [-0.15, -0.1) is 0 Å². The molecular formula is C20H23N5O4S. The molecule has 0 spiro atoms. The number of likely N-dealkylation sites (N-methyl/N-ethyl adjacent to an activating group) is 1. The fourth-order valence-electron chi connectivity index (χ4n) is 3.54. The standard InChI is InChI=1S/C20H23N5O4S/c1-23-8-10-24(11-9-23)30(28,29)16-5-2-14(3-6-16)13-25-19(26)17-12-15(21)4-7-18(17)22-20(25)27/h2-7,12H,8-11,13,21H2,1H3,(H,22,27). The number of rotatable bonds is 4. The van der Waals surface area contributed by atoms with Gasteiger partial charge in [0.1, 0.15) is 0 Å². The third-order valence-corrected chi connectivity index (χ3v) is 7.28. The lowest BCUT2D eigenvalue weighted by Crippen LogP contribution is -2.47. The molecule has 1 saturated heterocycles. The number of aromatic nitrogens is 2. The Kier molecular flexibility index (Phi) is 5.22. The van der Waals surface area contributed by atoms with E-state index in [0.717, 1.165) is 4.57 Å². The van der Waals surface area contributed by atoms with Gasteiger partial charge in [0.2, 0.25) is 10.0 Å². The second-order valence-corrected chi connectivity index (χ2v) is 9.42. The van der Waals surface area contributed by atoms with E-state index < -0.39 is 21.3 Å². The third-order valence-electron chi connectivity index (χ3n) is 5.37. The number of nitrogen functional groups attached to an aromatic ring is 1. The van der Waals surface area contributed by atoms with Crippen LogP contribution in [0.15, 0.2) is 56.9 Å². The minimum atomic E-state index is -3.57. The molecule has 0 unspecified atom stereocenters. The summed E-state index contributed by atoms with van der Waals surface area (Å²) in [5, 5.41) is 0.323. The first-order valence-electron chi connectivity index (χ1n) is 9.56. The first kappa shape index (κ1) is 20.3. The Bertz CT molecular complexity index is 1300. The summed E-state index contributed by atoms with van der Waals surface area (Å²) in [5.41, 5.74) is 6.26. The highest BCUT2D eigenvalue weighted by Crippen LogP contribution is 2.18. The number of H-pyrrole nitrogens is 1. The number of hydrogen-bond donors (Lipinski definition) is 2. The maximum Gasteiger partial charge on any atom is 0.329 e. The molecule has 3 N–H and O–H groups in total. The lowest BCUT2D eigenvalue weighted by Gasteiger charge is -2.31. The molecule has 1 aliphatic heterocycles. The van der Waals surface area contributed by atoms with E-state index in [4.69, 9.17) is 5.73 Å². The Morgan fingerprint density at radius 2 is 1.67 bits per heavy atom. The molecule has 1 fully saturated rings. The maximum atomic E-state index is 12.8. The number of nitrogens with two attached hydrogens (primary N) is 1. The smallest absolute Gasteiger partial charge is 0.329 e. The van der Waals surface area contributed by atoms with Crippen LogP contribution in [0.25, 0.3) is 10.9 Å². The molecule has 10 heteroatoms. The van der Waals surface area contributed by atoms with Crippen molar-refractivity contribution in [2.45, 2.75) is 11.4 Å². The molecule has 4 rings (SSSR count). The van der Waals surface area contributed by atoms with Crippen LogP contribution in [-0.4, -0.2) is 60.4 Å². The van der Waals surface area contributed by atoms with Gasteiger partial charge >= 0.3 is 5.69 Å². The van der Waals surface area contributed by atoms with Crippen molar-refractivity contribution in [2.75, 3.05) is 39.0 Å². The fraction of sp³-hybridized carbons (Fsp3) is 0.300. The first-order chi connectivity index (χ1) is 14.3. The van der Waals surface area contributed by atoms with Crippen LogP contribution in [0.3, 0.4) is 0 Å². The fourth-order valence-corrected chi connectivity index (χ4v) is 4.96. The third kappa shape index (κ3) is 3.76. The zero-order valence-corrected chi connectivity index (χ0v) is 17.4. The Hall–Kier alpha value is -2.95. The predicted octanol–water partition coefficient (Wildman–Crippen LogP) is 0.256. The molecule has 0 amide bonds. The van der Waals surface area contributed by atoms with Crippen LogP contribution < -0.4 is 17.0 Å². The number of anilines is 1. The molecule has 0 saturated carbocycles. The van der Waals surface area contributed by atoms with Crippen molar-refractivity contribution in [3.8, 4) is 0 Å². The Morgan fingerprint density at radius 1 is 1.00 bits per heavy atom. The highest BCUT2D eigenvalue weighted by atomic mass is 32.2. The molecule has 30 heavy (non-hydrogen) atoms. The van der Waals surface area contributed by atoms with Gasteiger partial charge in [-0.05, 0) is 42.9 Å². The molecule has 0 atom stereocenters. The molecule has 1 aromatic heterocycles. The Labute approximate surface area is 173 Å². The van der Waals surface area contributed by atoms with Gasteiger partial charge in [0.15, 0.2) is 0 Å². The van der Waals surface area contributed by atoms with Gasteiger partial charge in [-0.2, -0.15) is 4.31 Å². The molecule has 2 aromatic carbocycles.